The summed E-state index contributed by atoms with van der Waals surface area (Å²) in [6, 6.07) is 2.37. The minimum Gasteiger partial charge on any atom is -0.303 e. The summed E-state index contributed by atoms with van der Waals surface area (Å²) in [4.78, 5) is 2.49. The van der Waals surface area contributed by atoms with E-state index in [4.69, 9.17) is 5.26 Å². The Morgan fingerprint density at radius 2 is 1.67 bits per heavy atom. The molecule has 0 aromatic carbocycles. The predicted octanol–water partition coefficient (Wildman–Crippen LogP) is 2.88. The molecule has 0 saturated heterocycles. The SMILES string of the molecule is CCCNC(C#N)CCN(CC(C)C)CC(C)C. The van der Waals surface area contributed by atoms with Crippen LogP contribution in [0.5, 0.6) is 0 Å². The van der Waals surface area contributed by atoms with E-state index in [0.29, 0.717) is 11.8 Å². The van der Waals surface area contributed by atoms with Crippen molar-refractivity contribution in [3.8, 4) is 6.07 Å². The first kappa shape index (κ1) is 17.4. The van der Waals surface area contributed by atoms with Crippen LogP contribution in [0, 0.1) is 23.2 Å². The van der Waals surface area contributed by atoms with Crippen molar-refractivity contribution in [2.24, 2.45) is 11.8 Å². The number of rotatable bonds is 10. The molecule has 18 heavy (non-hydrogen) atoms. The molecule has 1 atom stereocenters. The molecule has 0 aromatic heterocycles. The van der Waals surface area contributed by atoms with Crippen LogP contribution in [0.1, 0.15) is 47.5 Å². The van der Waals surface area contributed by atoms with Crippen LogP contribution in [-0.2, 0) is 0 Å². The van der Waals surface area contributed by atoms with Crippen molar-refractivity contribution in [3.63, 3.8) is 0 Å². The largest absolute Gasteiger partial charge is 0.303 e. The molecule has 0 fully saturated rings. The van der Waals surface area contributed by atoms with E-state index < -0.39 is 0 Å². The van der Waals surface area contributed by atoms with Gasteiger partial charge in [-0.15, -0.1) is 0 Å². The van der Waals surface area contributed by atoms with Gasteiger partial charge in [0.25, 0.3) is 0 Å². The lowest BCUT2D eigenvalue weighted by Gasteiger charge is -2.27. The van der Waals surface area contributed by atoms with E-state index in [1.165, 1.54) is 0 Å². The van der Waals surface area contributed by atoms with E-state index in [0.717, 1.165) is 39.0 Å². The highest BCUT2D eigenvalue weighted by Crippen LogP contribution is 2.05. The summed E-state index contributed by atoms with van der Waals surface area (Å²) in [6.45, 7) is 15.4. The van der Waals surface area contributed by atoms with Crippen LogP contribution in [0.3, 0.4) is 0 Å². The number of hydrogen-bond acceptors (Lipinski definition) is 3. The fourth-order valence-electron chi connectivity index (χ4n) is 2.13. The molecular weight excluding hydrogens is 222 g/mol. The van der Waals surface area contributed by atoms with E-state index in [1.54, 1.807) is 0 Å². The molecule has 0 aliphatic carbocycles. The molecule has 0 amide bonds. The zero-order valence-corrected chi connectivity index (χ0v) is 12.9. The molecule has 0 spiro atoms. The molecule has 0 bridgehead atoms. The molecule has 0 heterocycles. The lowest BCUT2D eigenvalue weighted by molar-refractivity contribution is 0.212. The van der Waals surface area contributed by atoms with Crippen LogP contribution in [0.4, 0.5) is 0 Å². The third-order valence-corrected chi connectivity index (χ3v) is 2.78. The molecule has 0 rings (SSSR count). The van der Waals surface area contributed by atoms with Crippen molar-refractivity contribution < 1.29 is 0 Å². The van der Waals surface area contributed by atoms with Gasteiger partial charge >= 0.3 is 0 Å². The summed E-state index contributed by atoms with van der Waals surface area (Å²) in [6.07, 6.45) is 2.01. The Morgan fingerprint density at radius 1 is 1.11 bits per heavy atom. The van der Waals surface area contributed by atoms with Gasteiger partial charge in [0, 0.05) is 19.6 Å². The molecule has 1 unspecified atom stereocenters. The van der Waals surface area contributed by atoms with Gasteiger partial charge in [0.2, 0.25) is 0 Å². The molecule has 0 aromatic rings. The fraction of sp³-hybridized carbons (Fsp3) is 0.933. The van der Waals surface area contributed by atoms with Gasteiger partial charge < -0.3 is 10.2 Å². The highest BCUT2D eigenvalue weighted by atomic mass is 15.1. The molecule has 0 aliphatic rings. The molecule has 3 nitrogen and oxygen atoms in total. The molecule has 3 heteroatoms. The van der Waals surface area contributed by atoms with E-state index in [-0.39, 0.29) is 6.04 Å². The van der Waals surface area contributed by atoms with Gasteiger partial charge in [-0.05, 0) is 31.2 Å². The van der Waals surface area contributed by atoms with Gasteiger partial charge in [0.05, 0.1) is 12.1 Å². The van der Waals surface area contributed by atoms with Gasteiger partial charge in [-0.2, -0.15) is 5.26 Å². The van der Waals surface area contributed by atoms with Crippen LogP contribution < -0.4 is 5.32 Å². The number of nitriles is 1. The summed E-state index contributed by atoms with van der Waals surface area (Å²) in [5.41, 5.74) is 0. The van der Waals surface area contributed by atoms with Gasteiger partial charge in [0.15, 0.2) is 0 Å². The Labute approximate surface area is 114 Å². The summed E-state index contributed by atoms with van der Waals surface area (Å²) in [7, 11) is 0. The molecule has 106 valence electrons. The standard InChI is InChI=1S/C15H31N3/c1-6-8-17-15(10-16)7-9-18(11-13(2)3)12-14(4)5/h13-15,17H,6-9,11-12H2,1-5H3. The van der Waals surface area contributed by atoms with Gasteiger partial charge in [0.1, 0.15) is 0 Å². The quantitative estimate of drug-likeness (QED) is 0.650. The zero-order chi connectivity index (χ0) is 14.0. The van der Waals surface area contributed by atoms with Crippen LogP contribution in [0.25, 0.3) is 0 Å². The Morgan fingerprint density at radius 3 is 2.06 bits per heavy atom. The monoisotopic (exact) mass is 253 g/mol. The van der Waals surface area contributed by atoms with Gasteiger partial charge in [-0.3, -0.25) is 0 Å². The van der Waals surface area contributed by atoms with Crippen molar-refractivity contribution in [1.82, 2.24) is 10.2 Å². The summed E-state index contributed by atoms with van der Waals surface area (Å²) in [5, 5.41) is 12.4. The second kappa shape index (κ2) is 10.3. The minimum absolute atomic E-state index is 0.00627. The zero-order valence-electron chi connectivity index (χ0n) is 12.9. The third kappa shape index (κ3) is 9.44. The Balaban J connectivity index is 4.10. The summed E-state index contributed by atoms with van der Waals surface area (Å²) < 4.78 is 0. The Bertz CT molecular complexity index is 220. The Kier molecular flexibility index (Phi) is 10.0. The second-order valence-electron chi connectivity index (χ2n) is 5.97. The smallest absolute Gasteiger partial charge is 0.0965 e. The molecule has 0 radical (unpaired) electrons. The lowest BCUT2D eigenvalue weighted by atomic mass is 10.1. The fourth-order valence-corrected chi connectivity index (χ4v) is 2.13. The normalized spacial score (nSPS) is 13.3. The van der Waals surface area contributed by atoms with E-state index >= 15 is 0 Å². The first-order chi connectivity index (χ1) is 8.49. The van der Waals surface area contributed by atoms with Crippen molar-refractivity contribution in [2.75, 3.05) is 26.2 Å². The number of nitrogens with one attached hydrogen (secondary N) is 1. The van der Waals surface area contributed by atoms with Crippen molar-refractivity contribution in [3.05, 3.63) is 0 Å². The minimum atomic E-state index is 0.00627. The van der Waals surface area contributed by atoms with Crippen LogP contribution in [0.2, 0.25) is 0 Å². The van der Waals surface area contributed by atoms with Crippen LogP contribution in [0.15, 0.2) is 0 Å². The van der Waals surface area contributed by atoms with Crippen molar-refractivity contribution in [2.45, 2.75) is 53.5 Å². The average Bonchev–Trinajstić information content (AvgIpc) is 2.27. The summed E-state index contributed by atoms with van der Waals surface area (Å²) in [5.74, 6) is 1.38. The highest BCUT2D eigenvalue weighted by molar-refractivity contribution is 4.90. The lowest BCUT2D eigenvalue weighted by Crippen LogP contribution is -2.37. The number of hydrogen-bond donors (Lipinski definition) is 1. The highest BCUT2D eigenvalue weighted by Gasteiger charge is 2.12. The maximum absolute atomic E-state index is 9.10. The van der Waals surface area contributed by atoms with Crippen LogP contribution in [-0.4, -0.2) is 37.1 Å². The van der Waals surface area contributed by atoms with Crippen molar-refractivity contribution in [1.29, 1.82) is 5.26 Å². The average molecular weight is 253 g/mol. The number of nitrogens with zero attached hydrogens (tertiary/aromatic N) is 2. The first-order valence-electron chi connectivity index (χ1n) is 7.34. The van der Waals surface area contributed by atoms with Crippen molar-refractivity contribution >= 4 is 0 Å². The maximum Gasteiger partial charge on any atom is 0.0965 e. The van der Waals surface area contributed by atoms with E-state index in [1.807, 2.05) is 0 Å². The van der Waals surface area contributed by atoms with Gasteiger partial charge in [-0.1, -0.05) is 34.6 Å². The maximum atomic E-state index is 9.10. The third-order valence-electron chi connectivity index (χ3n) is 2.78. The molecule has 0 saturated carbocycles. The van der Waals surface area contributed by atoms with E-state index in [2.05, 4.69) is 50.9 Å². The topological polar surface area (TPSA) is 39.1 Å². The molecule has 1 N–H and O–H groups in total. The second-order valence-corrected chi connectivity index (χ2v) is 5.97. The summed E-state index contributed by atoms with van der Waals surface area (Å²) >= 11 is 0. The first-order valence-corrected chi connectivity index (χ1v) is 7.34. The molecular formula is C15H31N3. The molecule has 0 aliphatic heterocycles. The van der Waals surface area contributed by atoms with E-state index in [9.17, 15) is 0 Å². The van der Waals surface area contributed by atoms with Gasteiger partial charge in [-0.25, -0.2) is 0 Å². The Hall–Kier alpha value is -0.590. The van der Waals surface area contributed by atoms with Crippen LogP contribution >= 0.6 is 0 Å². The predicted molar refractivity (Wildman–Crippen MR) is 78.4 cm³/mol.